The Morgan fingerprint density at radius 1 is 1.17 bits per heavy atom. The largest absolute Gasteiger partial charge is 0.479 e. The fourth-order valence-electron chi connectivity index (χ4n) is 2.90. The second-order valence-corrected chi connectivity index (χ2v) is 5.79. The number of benzene rings is 2. The van der Waals surface area contributed by atoms with Crippen molar-refractivity contribution in [3.63, 3.8) is 0 Å². The van der Waals surface area contributed by atoms with Crippen molar-refractivity contribution in [2.24, 2.45) is 0 Å². The molecule has 1 aliphatic rings. The highest BCUT2D eigenvalue weighted by Gasteiger charge is 2.32. The SMILES string of the molecule is CC1Oc2ccc(F)cc2N(Cc2ccc3ccccc3n2)C1=O. The van der Waals surface area contributed by atoms with E-state index in [4.69, 9.17) is 4.74 Å². The van der Waals surface area contributed by atoms with E-state index in [9.17, 15) is 9.18 Å². The zero-order valence-corrected chi connectivity index (χ0v) is 13.1. The van der Waals surface area contributed by atoms with E-state index in [-0.39, 0.29) is 12.5 Å². The van der Waals surface area contributed by atoms with Crippen molar-refractivity contribution >= 4 is 22.5 Å². The van der Waals surface area contributed by atoms with Crippen LogP contribution in [0.15, 0.2) is 54.6 Å². The van der Waals surface area contributed by atoms with Crippen molar-refractivity contribution < 1.29 is 13.9 Å². The van der Waals surface area contributed by atoms with Crippen LogP contribution in [0.25, 0.3) is 10.9 Å². The van der Waals surface area contributed by atoms with E-state index in [1.807, 2.05) is 36.4 Å². The first kappa shape index (κ1) is 14.6. The van der Waals surface area contributed by atoms with E-state index < -0.39 is 11.9 Å². The van der Waals surface area contributed by atoms with E-state index in [1.54, 1.807) is 13.0 Å². The maximum atomic E-state index is 13.6. The summed E-state index contributed by atoms with van der Waals surface area (Å²) in [6.45, 7) is 1.96. The number of amides is 1. The van der Waals surface area contributed by atoms with Crippen molar-refractivity contribution in [2.75, 3.05) is 4.90 Å². The van der Waals surface area contributed by atoms with Crippen LogP contribution in [0, 0.1) is 5.82 Å². The van der Waals surface area contributed by atoms with Gasteiger partial charge in [-0.1, -0.05) is 24.3 Å². The lowest BCUT2D eigenvalue weighted by Crippen LogP contribution is -2.44. The molecule has 0 N–H and O–H groups in total. The third kappa shape index (κ3) is 2.48. The van der Waals surface area contributed by atoms with Crippen LogP contribution in [0.2, 0.25) is 0 Å². The number of halogens is 1. The Morgan fingerprint density at radius 3 is 2.88 bits per heavy atom. The lowest BCUT2D eigenvalue weighted by atomic mass is 10.1. The van der Waals surface area contributed by atoms with E-state index in [2.05, 4.69) is 4.98 Å². The molecule has 4 rings (SSSR count). The van der Waals surface area contributed by atoms with Gasteiger partial charge in [-0.2, -0.15) is 0 Å². The Balaban J connectivity index is 1.74. The minimum Gasteiger partial charge on any atom is -0.479 e. The number of rotatable bonds is 2. The Kier molecular flexibility index (Phi) is 3.41. The predicted octanol–water partition coefficient (Wildman–Crippen LogP) is 3.69. The van der Waals surface area contributed by atoms with E-state index in [1.165, 1.54) is 17.0 Å². The third-order valence-electron chi connectivity index (χ3n) is 4.11. The van der Waals surface area contributed by atoms with Gasteiger partial charge in [-0.3, -0.25) is 14.7 Å². The van der Waals surface area contributed by atoms with Gasteiger partial charge < -0.3 is 4.74 Å². The summed E-state index contributed by atoms with van der Waals surface area (Å²) in [5, 5.41) is 1.04. The maximum Gasteiger partial charge on any atom is 0.268 e. The van der Waals surface area contributed by atoms with Crippen molar-refractivity contribution in [3.05, 3.63) is 66.1 Å². The summed E-state index contributed by atoms with van der Waals surface area (Å²) in [7, 11) is 0. The van der Waals surface area contributed by atoms with E-state index >= 15 is 0 Å². The van der Waals surface area contributed by atoms with Crippen LogP contribution >= 0.6 is 0 Å². The summed E-state index contributed by atoms with van der Waals surface area (Å²) in [6.07, 6.45) is -0.608. The van der Waals surface area contributed by atoms with Gasteiger partial charge in [0.15, 0.2) is 6.10 Å². The Labute approximate surface area is 138 Å². The summed E-state index contributed by atoms with van der Waals surface area (Å²) in [5.74, 6) is -0.108. The van der Waals surface area contributed by atoms with Gasteiger partial charge in [-0.15, -0.1) is 0 Å². The summed E-state index contributed by atoms with van der Waals surface area (Å²) < 4.78 is 19.2. The molecule has 1 aromatic heterocycles. The summed E-state index contributed by atoms with van der Waals surface area (Å²) >= 11 is 0. The lowest BCUT2D eigenvalue weighted by molar-refractivity contribution is -0.125. The smallest absolute Gasteiger partial charge is 0.268 e. The number of carbonyl (C=O) groups excluding carboxylic acids is 1. The highest BCUT2D eigenvalue weighted by molar-refractivity contribution is 5.99. The van der Waals surface area contributed by atoms with E-state index in [0.717, 1.165) is 16.6 Å². The van der Waals surface area contributed by atoms with Crippen molar-refractivity contribution in [3.8, 4) is 5.75 Å². The fourth-order valence-corrected chi connectivity index (χ4v) is 2.90. The molecule has 0 saturated carbocycles. The van der Waals surface area contributed by atoms with Crippen LogP contribution in [-0.4, -0.2) is 17.0 Å². The predicted molar refractivity (Wildman–Crippen MR) is 89.4 cm³/mol. The normalized spacial score (nSPS) is 16.8. The van der Waals surface area contributed by atoms with Crippen LogP contribution in [0.1, 0.15) is 12.6 Å². The molecule has 0 fully saturated rings. The fraction of sp³-hybridized carbons (Fsp3) is 0.158. The molecule has 120 valence electrons. The molecular weight excluding hydrogens is 307 g/mol. The van der Waals surface area contributed by atoms with E-state index in [0.29, 0.717) is 11.4 Å². The summed E-state index contributed by atoms with van der Waals surface area (Å²) in [6, 6.07) is 15.8. The highest BCUT2D eigenvalue weighted by atomic mass is 19.1. The van der Waals surface area contributed by atoms with Crippen LogP contribution < -0.4 is 9.64 Å². The second kappa shape index (κ2) is 5.60. The second-order valence-electron chi connectivity index (χ2n) is 5.79. The van der Waals surface area contributed by atoms with Crippen LogP contribution in [0.4, 0.5) is 10.1 Å². The van der Waals surface area contributed by atoms with Crippen molar-refractivity contribution in [2.45, 2.75) is 19.6 Å². The molecule has 24 heavy (non-hydrogen) atoms. The molecule has 0 aliphatic carbocycles. The number of hydrogen-bond donors (Lipinski definition) is 0. The first-order valence-electron chi connectivity index (χ1n) is 7.74. The molecule has 5 heteroatoms. The van der Waals surface area contributed by atoms with Gasteiger partial charge in [0.2, 0.25) is 0 Å². The minimum atomic E-state index is -0.608. The third-order valence-corrected chi connectivity index (χ3v) is 4.11. The number of carbonyl (C=O) groups is 1. The molecule has 0 spiro atoms. The molecule has 4 nitrogen and oxygen atoms in total. The number of ether oxygens (including phenoxy) is 1. The van der Waals surface area contributed by atoms with Gasteiger partial charge in [-0.05, 0) is 31.2 Å². The quantitative estimate of drug-likeness (QED) is 0.723. The average Bonchev–Trinajstić information content (AvgIpc) is 2.59. The van der Waals surface area contributed by atoms with Crippen LogP contribution in [-0.2, 0) is 11.3 Å². The number of hydrogen-bond acceptors (Lipinski definition) is 3. The Bertz CT molecular complexity index is 942. The van der Waals surface area contributed by atoms with Crippen LogP contribution in [0.5, 0.6) is 5.75 Å². The van der Waals surface area contributed by atoms with Crippen LogP contribution in [0.3, 0.4) is 0 Å². The average molecular weight is 322 g/mol. The summed E-state index contributed by atoms with van der Waals surface area (Å²) in [4.78, 5) is 18.6. The number of para-hydroxylation sites is 1. The zero-order valence-electron chi connectivity index (χ0n) is 13.1. The van der Waals surface area contributed by atoms with Gasteiger partial charge in [0.05, 0.1) is 23.4 Å². The number of anilines is 1. The topological polar surface area (TPSA) is 42.4 Å². The molecule has 2 heterocycles. The molecule has 1 amide bonds. The van der Waals surface area contributed by atoms with Gasteiger partial charge in [-0.25, -0.2) is 4.39 Å². The lowest BCUT2D eigenvalue weighted by Gasteiger charge is -2.32. The molecule has 3 aromatic rings. The molecule has 0 saturated heterocycles. The van der Waals surface area contributed by atoms with Gasteiger partial charge in [0.25, 0.3) is 5.91 Å². The number of pyridine rings is 1. The summed E-state index contributed by atoms with van der Waals surface area (Å²) in [5.41, 5.74) is 2.04. The first-order valence-corrected chi connectivity index (χ1v) is 7.74. The molecular formula is C19H15FN2O2. The van der Waals surface area contributed by atoms with Gasteiger partial charge in [0.1, 0.15) is 11.6 Å². The number of fused-ring (bicyclic) bond motifs is 2. The number of aromatic nitrogens is 1. The minimum absolute atomic E-state index is 0.206. The molecule has 0 radical (unpaired) electrons. The van der Waals surface area contributed by atoms with Crippen molar-refractivity contribution in [1.82, 2.24) is 4.98 Å². The maximum absolute atomic E-state index is 13.6. The highest BCUT2D eigenvalue weighted by Crippen LogP contribution is 2.35. The standard InChI is InChI=1S/C19H15FN2O2/c1-12-19(23)22(17-10-14(20)7-9-18(17)24-12)11-15-8-6-13-4-2-3-5-16(13)21-15/h2-10,12H,11H2,1H3. The monoisotopic (exact) mass is 322 g/mol. The van der Waals surface area contributed by atoms with Gasteiger partial charge in [0, 0.05) is 11.5 Å². The van der Waals surface area contributed by atoms with Gasteiger partial charge >= 0.3 is 0 Å². The molecule has 0 bridgehead atoms. The molecule has 1 atom stereocenters. The Morgan fingerprint density at radius 2 is 2.00 bits per heavy atom. The van der Waals surface area contributed by atoms with Crippen molar-refractivity contribution in [1.29, 1.82) is 0 Å². The first-order chi connectivity index (χ1) is 11.6. The Hall–Kier alpha value is -2.95. The zero-order chi connectivity index (χ0) is 16.7. The molecule has 1 aliphatic heterocycles. The number of nitrogens with zero attached hydrogens (tertiary/aromatic N) is 2. The molecule has 2 aromatic carbocycles. The molecule has 1 unspecified atom stereocenters.